The first-order valence-corrected chi connectivity index (χ1v) is 8.82. The molecule has 0 radical (unpaired) electrons. The number of esters is 2. The van der Waals surface area contributed by atoms with Gasteiger partial charge in [0, 0.05) is 13.0 Å². The Bertz CT molecular complexity index is 936. The molecule has 5 heteroatoms. The topological polar surface area (TPSA) is 61.8 Å². The second-order valence-electron chi connectivity index (χ2n) is 6.09. The molecule has 0 aliphatic rings. The third-order valence-corrected chi connectivity index (χ3v) is 3.89. The number of hydrogen-bond acceptors (Lipinski definition) is 5. The van der Waals surface area contributed by atoms with Crippen LogP contribution in [0.2, 0.25) is 0 Å². The number of benzene rings is 3. The molecule has 0 aliphatic heterocycles. The van der Waals surface area contributed by atoms with Gasteiger partial charge in [0.2, 0.25) is 0 Å². The Morgan fingerprint density at radius 1 is 0.750 bits per heavy atom. The lowest BCUT2D eigenvalue weighted by Crippen LogP contribution is -2.11. The van der Waals surface area contributed by atoms with Gasteiger partial charge < -0.3 is 14.2 Å². The van der Waals surface area contributed by atoms with Gasteiger partial charge in [0.05, 0.1) is 0 Å². The highest BCUT2D eigenvalue weighted by Gasteiger charge is 2.17. The maximum absolute atomic E-state index is 12.2. The van der Waals surface area contributed by atoms with E-state index in [1.807, 2.05) is 60.7 Å². The molecule has 0 unspecified atom stereocenters. The third kappa shape index (κ3) is 5.45. The summed E-state index contributed by atoms with van der Waals surface area (Å²) in [5.41, 5.74) is 2.14. The van der Waals surface area contributed by atoms with Crippen molar-refractivity contribution in [3.05, 3.63) is 95.6 Å². The van der Waals surface area contributed by atoms with Gasteiger partial charge in [-0.2, -0.15) is 0 Å². The summed E-state index contributed by atoms with van der Waals surface area (Å²) in [6.45, 7) is 1.83. The number of hydrogen-bond donors (Lipinski definition) is 0. The molecule has 5 nitrogen and oxygen atoms in total. The van der Waals surface area contributed by atoms with E-state index < -0.39 is 11.9 Å². The van der Waals surface area contributed by atoms with Gasteiger partial charge >= 0.3 is 11.9 Å². The van der Waals surface area contributed by atoms with E-state index in [4.69, 9.17) is 14.2 Å². The van der Waals surface area contributed by atoms with Crippen molar-refractivity contribution in [2.45, 2.75) is 20.1 Å². The van der Waals surface area contributed by atoms with Crippen LogP contribution in [0.1, 0.15) is 28.4 Å². The van der Waals surface area contributed by atoms with Crippen LogP contribution in [0.3, 0.4) is 0 Å². The smallest absolute Gasteiger partial charge is 0.349 e. The van der Waals surface area contributed by atoms with Gasteiger partial charge in [0.25, 0.3) is 0 Å². The summed E-state index contributed by atoms with van der Waals surface area (Å²) in [7, 11) is 0. The molecule has 28 heavy (non-hydrogen) atoms. The molecule has 0 bridgehead atoms. The molecule has 3 rings (SSSR count). The standard InChI is InChI=1S/C23H20O5/c1-17(24)28-23(25)21-13-12-20(26-15-18-8-4-2-5-9-18)14-22(21)27-16-19-10-6-3-7-11-19/h2-14H,15-16H2,1H3. The van der Waals surface area contributed by atoms with E-state index in [0.717, 1.165) is 11.1 Å². The van der Waals surface area contributed by atoms with Crippen LogP contribution in [0.4, 0.5) is 0 Å². The Morgan fingerprint density at radius 2 is 1.32 bits per heavy atom. The zero-order valence-corrected chi connectivity index (χ0v) is 15.5. The molecule has 3 aromatic rings. The predicted octanol–water partition coefficient (Wildman–Crippen LogP) is 4.55. The summed E-state index contributed by atoms with van der Waals surface area (Å²) >= 11 is 0. The van der Waals surface area contributed by atoms with Crippen LogP contribution >= 0.6 is 0 Å². The fraction of sp³-hybridized carbons (Fsp3) is 0.130. The number of rotatable bonds is 7. The van der Waals surface area contributed by atoms with E-state index in [1.165, 1.54) is 13.0 Å². The molecule has 0 saturated heterocycles. The van der Waals surface area contributed by atoms with Gasteiger partial charge in [-0.05, 0) is 23.3 Å². The van der Waals surface area contributed by atoms with Crippen LogP contribution in [0, 0.1) is 0 Å². The SMILES string of the molecule is CC(=O)OC(=O)c1ccc(OCc2ccccc2)cc1OCc1ccccc1. The van der Waals surface area contributed by atoms with Crippen LogP contribution in [0.5, 0.6) is 11.5 Å². The maximum atomic E-state index is 12.2. The normalized spacial score (nSPS) is 10.2. The average molecular weight is 376 g/mol. The van der Waals surface area contributed by atoms with Gasteiger partial charge in [-0.25, -0.2) is 4.79 Å². The molecule has 0 fully saturated rings. The molecule has 0 aromatic heterocycles. The van der Waals surface area contributed by atoms with Crippen LogP contribution in [-0.4, -0.2) is 11.9 Å². The maximum Gasteiger partial charge on any atom is 0.349 e. The Balaban J connectivity index is 1.78. The molecule has 0 heterocycles. The van der Waals surface area contributed by atoms with Gasteiger partial charge in [-0.15, -0.1) is 0 Å². The van der Waals surface area contributed by atoms with E-state index in [2.05, 4.69) is 0 Å². The molecule has 0 saturated carbocycles. The van der Waals surface area contributed by atoms with Gasteiger partial charge in [0.1, 0.15) is 30.3 Å². The summed E-state index contributed by atoms with van der Waals surface area (Å²) in [5.74, 6) is -0.597. The Kier molecular flexibility index (Phi) is 6.41. The molecule has 142 valence electrons. The minimum absolute atomic E-state index is 0.165. The van der Waals surface area contributed by atoms with Gasteiger partial charge in [-0.1, -0.05) is 60.7 Å². The summed E-state index contributed by atoms with van der Waals surface area (Å²) in [6, 6.07) is 24.1. The van der Waals surface area contributed by atoms with E-state index >= 15 is 0 Å². The Hall–Kier alpha value is -3.60. The third-order valence-electron chi connectivity index (χ3n) is 3.89. The highest BCUT2D eigenvalue weighted by molar-refractivity contribution is 5.98. The van der Waals surface area contributed by atoms with Crippen molar-refractivity contribution in [1.29, 1.82) is 0 Å². The van der Waals surface area contributed by atoms with E-state index in [9.17, 15) is 9.59 Å². The minimum atomic E-state index is -0.759. The average Bonchev–Trinajstić information content (AvgIpc) is 2.72. The minimum Gasteiger partial charge on any atom is -0.489 e. The fourth-order valence-electron chi connectivity index (χ4n) is 2.54. The van der Waals surface area contributed by atoms with Crippen molar-refractivity contribution in [3.8, 4) is 11.5 Å². The van der Waals surface area contributed by atoms with Crippen molar-refractivity contribution in [2.75, 3.05) is 0 Å². The number of ether oxygens (including phenoxy) is 3. The molecule has 3 aromatic carbocycles. The quantitative estimate of drug-likeness (QED) is 0.447. The zero-order valence-electron chi connectivity index (χ0n) is 15.5. The largest absolute Gasteiger partial charge is 0.489 e. The second-order valence-corrected chi connectivity index (χ2v) is 6.09. The van der Waals surface area contributed by atoms with E-state index in [1.54, 1.807) is 12.1 Å². The van der Waals surface area contributed by atoms with Crippen molar-refractivity contribution >= 4 is 11.9 Å². The van der Waals surface area contributed by atoms with Crippen LogP contribution in [0.25, 0.3) is 0 Å². The fourth-order valence-corrected chi connectivity index (χ4v) is 2.54. The lowest BCUT2D eigenvalue weighted by Gasteiger charge is -2.13. The van der Waals surface area contributed by atoms with Crippen LogP contribution in [-0.2, 0) is 22.7 Å². The Labute approximate surface area is 163 Å². The molecular formula is C23H20O5. The molecule has 0 amide bonds. The lowest BCUT2D eigenvalue weighted by molar-refractivity contribution is -0.135. The van der Waals surface area contributed by atoms with Gasteiger partial charge in [-0.3, -0.25) is 4.79 Å². The number of carbonyl (C=O) groups excluding carboxylic acids is 2. The van der Waals surface area contributed by atoms with Crippen molar-refractivity contribution in [3.63, 3.8) is 0 Å². The van der Waals surface area contributed by atoms with Crippen molar-refractivity contribution in [1.82, 2.24) is 0 Å². The van der Waals surface area contributed by atoms with E-state index in [0.29, 0.717) is 18.1 Å². The lowest BCUT2D eigenvalue weighted by atomic mass is 10.2. The second kappa shape index (κ2) is 9.37. The zero-order chi connectivity index (χ0) is 19.8. The Morgan fingerprint density at radius 3 is 1.89 bits per heavy atom. The van der Waals surface area contributed by atoms with Crippen molar-refractivity contribution in [2.24, 2.45) is 0 Å². The highest BCUT2D eigenvalue weighted by atomic mass is 16.6. The summed E-state index contributed by atoms with van der Waals surface area (Å²) in [6.07, 6.45) is 0. The van der Waals surface area contributed by atoms with E-state index in [-0.39, 0.29) is 12.2 Å². The first-order valence-electron chi connectivity index (χ1n) is 8.82. The summed E-state index contributed by atoms with van der Waals surface area (Å²) in [5, 5.41) is 0. The van der Waals surface area contributed by atoms with Crippen molar-refractivity contribution < 1.29 is 23.8 Å². The molecular weight excluding hydrogens is 356 g/mol. The summed E-state index contributed by atoms with van der Waals surface area (Å²) in [4.78, 5) is 23.3. The number of carbonyl (C=O) groups is 2. The molecule has 0 aliphatic carbocycles. The summed E-state index contributed by atoms with van der Waals surface area (Å²) < 4.78 is 16.3. The molecule has 0 spiro atoms. The molecule has 0 N–H and O–H groups in total. The highest BCUT2D eigenvalue weighted by Crippen LogP contribution is 2.27. The predicted molar refractivity (Wildman–Crippen MR) is 104 cm³/mol. The monoisotopic (exact) mass is 376 g/mol. The van der Waals surface area contributed by atoms with Gasteiger partial charge in [0.15, 0.2) is 0 Å². The first kappa shape index (κ1) is 19.2. The van der Waals surface area contributed by atoms with Crippen LogP contribution < -0.4 is 9.47 Å². The molecule has 0 atom stereocenters. The van der Waals surface area contributed by atoms with Crippen LogP contribution in [0.15, 0.2) is 78.9 Å². The first-order chi connectivity index (χ1) is 13.6.